The van der Waals surface area contributed by atoms with E-state index in [-0.39, 0.29) is 24.7 Å². The highest BCUT2D eigenvalue weighted by Gasteiger charge is 2.42. The van der Waals surface area contributed by atoms with E-state index in [2.05, 4.69) is 5.10 Å². The largest absolute Gasteiger partial charge is 0.435 e. The van der Waals surface area contributed by atoms with Crippen molar-refractivity contribution in [2.75, 3.05) is 13.1 Å². The Hall–Kier alpha value is -2.84. The number of rotatable bonds is 3. The first-order valence-corrected chi connectivity index (χ1v) is 8.51. The standard InChI is InChI=1S/C18H19F3N4O2/c1-11-14(17(27)24-9-7-12(8-10-24)16(22)26)15(18(19,20)21)23-25(11)13-5-3-2-4-6-13/h2-6,12H,7-10H2,1H3,(H2,22,26). The number of hydrogen-bond donors (Lipinski definition) is 1. The predicted octanol–water partition coefficient (Wildman–Crippen LogP) is 2.54. The van der Waals surface area contributed by atoms with E-state index in [9.17, 15) is 22.8 Å². The number of amides is 2. The number of likely N-dealkylation sites (tertiary alicyclic amines) is 1. The molecule has 0 spiro atoms. The molecule has 9 heteroatoms. The van der Waals surface area contributed by atoms with Crippen LogP contribution in [0.1, 0.15) is 34.6 Å². The fourth-order valence-corrected chi connectivity index (χ4v) is 3.30. The Balaban J connectivity index is 1.98. The number of para-hydroxylation sites is 1. The Bertz CT molecular complexity index is 853. The summed E-state index contributed by atoms with van der Waals surface area (Å²) in [4.78, 5) is 25.5. The second kappa shape index (κ2) is 7.05. The molecule has 0 bridgehead atoms. The third-order valence-corrected chi connectivity index (χ3v) is 4.78. The number of carbonyl (C=O) groups excluding carboxylic acids is 2. The molecule has 0 atom stereocenters. The summed E-state index contributed by atoms with van der Waals surface area (Å²) >= 11 is 0. The van der Waals surface area contributed by atoms with Gasteiger partial charge in [-0.2, -0.15) is 18.3 Å². The lowest BCUT2D eigenvalue weighted by Gasteiger charge is -2.30. The third kappa shape index (κ3) is 3.67. The van der Waals surface area contributed by atoms with Gasteiger partial charge in [0.2, 0.25) is 5.91 Å². The van der Waals surface area contributed by atoms with Gasteiger partial charge in [0.15, 0.2) is 5.69 Å². The Kier molecular flexibility index (Phi) is 4.95. The summed E-state index contributed by atoms with van der Waals surface area (Å²) in [6.07, 6.45) is -4.08. The molecule has 1 aliphatic heterocycles. The molecule has 2 heterocycles. The molecule has 0 saturated carbocycles. The molecule has 2 aromatic rings. The molecule has 1 saturated heterocycles. The highest BCUT2D eigenvalue weighted by molar-refractivity contribution is 5.97. The second-order valence-electron chi connectivity index (χ2n) is 6.52. The van der Waals surface area contributed by atoms with Crippen molar-refractivity contribution in [1.82, 2.24) is 14.7 Å². The van der Waals surface area contributed by atoms with Crippen LogP contribution < -0.4 is 5.73 Å². The second-order valence-corrected chi connectivity index (χ2v) is 6.52. The summed E-state index contributed by atoms with van der Waals surface area (Å²) in [5.74, 6) is -1.54. The SMILES string of the molecule is Cc1c(C(=O)N2CCC(C(N)=O)CC2)c(C(F)(F)F)nn1-c1ccccc1. The van der Waals surface area contributed by atoms with Crippen LogP contribution in [0.4, 0.5) is 13.2 Å². The molecule has 0 radical (unpaired) electrons. The van der Waals surface area contributed by atoms with Crippen LogP contribution >= 0.6 is 0 Å². The number of aromatic nitrogens is 2. The number of alkyl halides is 3. The first-order chi connectivity index (χ1) is 12.7. The summed E-state index contributed by atoms with van der Waals surface area (Å²) < 4.78 is 41.8. The molecule has 27 heavy (non-hydrogen) atoms. The molecule has 1 aromatic carbocycles. The molecule has 1 aliphatic rings. The molecule has 2 N–H and O–H groups in total. The van der Waals surface area contributed by atoms with Gasteiger partial charge < -0.3 is 10.6 Å². The monoisotopic (exact) mass is 380 g/mol. The normalized spacial score (nSPS) is 15.8. The van der Waals surface area contributed by atoms with Crippen LogP contribution in [-0.4, -0.2) is 39.6 Å². The number of primary amides is 1. The molecule has 1 aromatic heterocycles. The number of nitrogens with two attached hydrogens (primary N) is 1. The highest BCUT2D eigenvalue weighted by Crippen LogP contribution is 2.34. The Labute approximate surface area is 153 Å². The minimum absolute atomic E-state index is 0.121. The zero-order valence-corrected chi connectivity index (χ0v) is 14.7. The van der Waals surface area contributed by atoms with Gasteiger partial charge in [0, 0.05) is 19.0 Å². The molecule has 1 fully saturated rings. The number of benzene rings is 1. The van der Waals surface area contributed by atoms with Gasteiger partial charge in [-0.05, 0) is 31.9 Å². The van der Waals surface area contributed by atoms with E-state index >= 15 is 0 Å². The van der Waals surface area contributed by atoms with Gasteiger partial charge >= 0.3 is 6.18 Å². The van der Waals surface area contributed by atoms with Crippen LogP contribution in [0.5, 0.6) is 0 Å². The lowest BCUT2D eigenvalue weighted by molar-refractivity contribution is -0.141. The highest BCUT2D eigenvalue weighted by atomic mass is 19.4. The van der Waals surface area contributed by atoms with E-state index in [0.717, 1.165) is 4.68 Å². The zero-order chi connectivity index (χ0) is 19.8. The topological polar surface area (TPSA) is 81.2 Å². The lowest BCUT2D eigenvalue weighted by atomic mass is 9.95. The number of halogens is 3. The van der Waals surface area contributed by atoms with Crippen molar-refractivity contribution in [3.05, 3.63) is 47.3 Å². The van der Waals surface area contributed by atoms with Crippen molar-refractivity contribution < 1.29 is 22.8 Å². The van der Waals surface area contributed by atoms with Crippen LogP contribution in [0.25, 0.3) is 5.69 Å². The van der Waals surface area contributed by atoms with Crippen molar-refractivity contribution in [1.29, 1.82) is 0 Å². The summed E-state index contributed by atoms with van der Waals surface area (Å²) in [5.41, 5.74) is 4.17. The van der Waals surface area contributed by atoms with Gasteiger partial charge in [0.05, 0.1) is 16.9 Å². The van der Waals surface area contributed by atoms with Gasteiger partial charge in [0.25, 0.3) is 5.91 Å². The average molecular weight is 380 g/mol. The Morgan fingerprint density at radius 1 is 1.15 bits per heavy atom. The van der Waals surface area contributed by atoms with Crippen LogP contribution in [0, 0.1) is 12.8 Å². The molecule has 144 valence electrons. The van der Waals surface area contributed by atoms with E-state index in [1.165, 1.54) is 11.8 Å². The van der Waals surface area contributed by atoms with Gasteiger partial charge in [-0.1, -0.05) is 18.2 Å². The summed E-state index contributed by atoms with van der Waals surface area (Å²) in [5, 5.41) is 3.68. The lowest BCUT2D eigenvalue weighted by Crippen LogP contribution is -2.42. The van der Waals surface area contributed by atoms with E-state index < -0.39 is 29.2 Å². The third-order valence-electron chi connectivity index (χ3n) is 4.78. The van der Waals surface area contributed by atoms with Crippen molar-refractivity contribution in [2.45, 2.75) is 25.9 Å². The molecular weight excluding hydrogens is 361 g/mol. The van der Waals surface area contributed by atoms with Crippen LogP contribution in [-0.2, 0) is 11.0 Å². The maximum atomic E-state index is 13.5. The van der Waals surface area contributed by atoms with Crippen LogP contribution in [0.15, 0.2) is 30.3 Å². The number of carbonyl (C=O) groups is 2. The fourth-order valence-electron chi connectivity index (χ4n) is 3.30. The van der Waals surface area contributed by atoms with E-state index in [4.69, 9.17) is 5.73 Å². The zero-order valence-electron chi connectivity index (χ0n) is 14.7. The molecular formula is C18H19F3N4O2. The number of piperidine rings is 1. The quantitative estimate of drug-likeness (QED) is 0.889. The number of hydrogen-bond acceptors (Lipinski definition) is 3. The maximum absolute atomic E-state index is 13.5. The van der Waals surface area contributed by atoms with E-state index in [0.29, 0.717) is 18.5 Å². The molecule has 6 nitrogen and oxygen atoms in total. The minimum Gasteiger partial charge on any atom is -0.369 e. The Morgan fingerprint density at radius 2 is 1.74 bits per heavy atom. The number of nitrogens with zero attached hydrogens (tertiary/aromatic N) is 3. The smallest absolute Gasteiger partial charge is 0.369 e. The van der Waals surface area contributed by atoms with Gasteiger partial charge in [-0.3, -0.25) is 9.59 Å². The molecule has 0 unspecified atom stereocenters. The summed E-state index contributed by atoms with van der Waals surface area (Å²) in [6.45, 7) is 1.80. The minimum atomic E-state index is -4.76. The van der Waals surface area contributed by atoms with Crippen molar-refractivity contribution >= 4 is 11.8 Å². The van der Waals surface area contributed by atoms with Gasteiger partial charge in [-0.15, -0.1) is 0 Å². The van der Waals surface area contributed by atoms with E-state index in [1.807, 2.05) is 0 Å². The van der Waals surface area contributed by atoms with Crippen molar-refractivity contribution in [3.8, 4) is 5.69 Å². The molecule has 3 rings (SSSR count). The summed E-state index contributed by atoms with van der Waals surface area (Å²) in [7, 11) is 0. The van der Waals surface area contributed by atoms with Crippen molar-refractivity contribution in [2.24, 2.45) is 11.7 Å². The fraction of sp³-hybridized carbons (Fsp3) is 0.389. The van der Waals surface area contributed by atoms with Gasteiger partial charge in [0.1, 0.15) is 0 Å². The van der Waals surface area contributed by atoms with Crippen LogP contribution in [0.2, 0.25) is 0 Å². The maximum Gasteiger partial charge on any atom is 0.435 e. The molecule has 0 aliphatic carbocycles. The van der Waals surface area contributed by atoms with Gasteiger partial charge in [-0.25, -0.2) is 4.68 Å². The predicted molar refractivity (Wildman–Crippen MR) is 91.1 cm³/mol. The first kappa shape index (κ1) is 18.9. The van der Waals surface area contributed by atoms with E-state index in [1.54, 1.807) is 30.3 Å². The molecule has 2 amide bonds. The summed E-state index contributed by atoms with van der Waals surface area (Å²) in [6, 6.07) is 8.33. The Morgan fingerprint density at radius 3 is 2.26 bits per heavy atom. The average Bonchev–Trinajstić information content (AvgIpc) is 2.99. The van der Waals surface area contributed by atoms with Crippen LogP contribution in [0.3, 0.4) is 0 Å². The first-order valence-electron chi connectivity index (χ1n) is 8.51. The van der Waals surface area contributed by atoms with Crippen molar-refractivity contribution in [3.63, 3.8) is 0 Å².